The van der Waals surface area contributed by atoms with Gasteiger partial charge in [-0.3, -0.25) is 9.69 Å². The number of benzene rings is 3. The van der Waals surface area contributed by atoms with Crippen molar-refractivity contribution in [1.29, 1.82) is 10.5 Å². The molecule has 0 saturated carbocycles. The Morgan fingerprint density at radius 1 is 0.977 bits per heavy atom. The van der Waals surface area contributed by atoms with E-state index in [1.807, 2.05) is 6.07 Å². The summed E-state index contributed by atoms with van der Waals surface area (Å²) < 4.78 is 5.77. The lowest BCUT2D eigenvalue weighted by molar-refractivity contribution is -0.145. The average molecular weight is 576 g/mol. The van der Waals surface area contributed by atoms with Gasteiger partial charge in [0.1, 0.15) is 18.8 Å². The van der Waals surface area contributed by atoms with Crippen LogP contribution in [0.2, 0.25) is 0 Å². The number of hydrogen-bond acceptors (Lipinski definition) is 6. The van der Waals surface area contributed by atoms with Gasteiger partial charge in [-0.05, 0) is 47.6 Å². The Hall–Kier alpha value is -4.17. The molecule has 43 heavy (non-hydrogen) atoms. The van der Waals surface area contributed by atoms with Crippen LogP contribution in [-0.2, 0) is 11.3 Å². The maximum Gasteiger partial charge on any atom is 0.229 e. The first-order chi connectivity index (χ1) is 21.0. The highest BCUT2D eigenvalue weighted by molar-refractivity contribution is 5.80. The summed E-state index contributed by atoms with van der Waals surface area (Å²) in [6.45, 7) is 6.35. The van der Waals surface area contributed by atoms with E-state index in [1.54, 1.807) is 7.11 Å². The average Bonchev–Trinajstić information content (AvgIpc) is 3.05. The second-order valence-corrected chi connectivity index (χ2v) is 12.0. The lowest BCUT2D eigenvalue weighted by Crippen LogP contribution is -2.69. The minimum atomic E-state index is -0.291. The molecule has 5 atom stereocenters. The van der Waals surface area contributed by atoms with Crippen LogP contribution in [0.5, 0.6) is 5.75 Å². The second kappa shape index (κ2) is 13.9. The van der Waals surface area contributed by atoms with Crippen LogP contribution >= 0.6 is 0 Å². The van der Waals surface area contributed by atoms with Gasteiger partial charge in [0, 0.05) is 36.7 Å². The predicted octanol–water partition coefficient (Wildman–Crippen LogP) is 5.30. The van der Waals surface area contributed by atoms with Gasteiger partial charge in [0.15, 0.2) is 0 Å². The highest BCUT2D eigenvalue weighted by atomic mass is 16.5. The van der Waals surface area contributed by atoms with E-state index >= 15 is 0 Å². The quantitative estimate of drug-likeness (QED) is 0.312. The molecule has 0 spiro atoms. The third-order valence-corrected chi connectivity index (χ3v) is 9.26. The van der Waals surface area contributed by atoms with E-state index in [0.717, 1.165) is 24.3 Å². The minimum Gasteiger partial charge on any atom is -0.496 e. The van der Waals surface area contributed by atoms with Crippen molar-refractivity contribution in [3.63, 3.8) is 0 Å². The number of carbonyl (C=O) groups excluding carboxylic acids is 1. The first-order valence-electron chi connectivity index (χ1n) is 15.2. The minimum absolute atomic E-state index is 0.0136. The number of nitriles is 2. The van der Waals surface area contributed by atoms with Gasteiger partial charge in [-0.25, -0.2) is 0 Å². The number of carbonyl (C=O) groups is 1. The van der Waals surface area contributed by atoms with Crippen molar-refractivity contribution in [2.75, 3.05) is 33.3 Å². The van der Waals surface area contributed by atoms with Crippen molar-refractivity contribution in [3.05, 3.63) is 101 Å². The SMILES string of the molecule is COc1ccc(C(C)C)cc1CN[C@H]1[C@@H]2CCN(C[C@@H]2C(=O)N(CC#N)CC#N)[C@H]1C(c1ccccc1)c1ccccc1. The Labute approximate surface area is 255 Å². The van der Waals surface area contributed by atoms with Crippen LogP contribution in [0.3, 0.4) is 0 Å². The summed E-state index contributed by atoms with van der Waals surface area (Å²) in [6, 6.07) is 32.0. The molecule has 222 valence electrons. The Morgan fingerprint density at radius 2 is 1.60 bits per heavy atom. The summed E-state index contributed by atoms with van der Waals surface area (Å²) in [6.07, 6.45) is 0.872. The van der Waals surface area contributed by atoms with Crippen molar-refractivity contribution in [2.45, 2.75) is 50.7 Å². The van der Waals surface area contributed by atoms with Crippen LogP contribution in [0.25, 0.3) is 0 Å². The Kier molecular flexibility index (Phi) is 9.77. The lowest BCUT2D eigenvalue weighted by Gasteiger charge is -2.57. The van der Waals surface area contributed by atoms with Crippen molar-refractivity contribution >= 4 is 5.91 Å². The molecule has 7 heteroatoms. The molecular formula is C36H41N5O2. The molecular weight excluding hydrogens is 534 g/mol. The molecule has 3 fully saturated rings. The van der Waals surface area contributed by atoms with E-state index in [2.05, 4.69) is 109 Å². The van der Waals surface area contributed by atoms with E-state index < -0.39 is 0 Å². The van der Waals surface area contributed by atoms with E-state index in [-0.39, 0.29) is 48.8 Å². The van der Waals surface area contributed by atoms with Gasteiger partial charge in [-0.15, -0.1) is 0 Å². The fourth-order valence-corrected chi connectivity index (χ4v) is 7.18. The van der Waals surface area contributed by atoms with E-state index in [0.29, 0.717) is 19.0 Å². The largest absolute Gasteiger partial charge is 0.496 e. The number of methoxy groups -OCH3 is 1. The molecule has 3 saturated heterocycles. The van der Waals surface area contributed by atoms with Crippen LogP contribution in [0.15, 0.2) is 78.9 Å². The molecule has 0 aromatic heterocycles. The number of amides is 1. The fourth-order valence-electron chi connectivity index (χ4n) is 7.18. The lowest BCUT2D eigenvalue weighted by atomic mass is 9.66. The summed E-state index contributed by atoms with van der Waals surface area (Å²) in [5.41, 5.74) is 4.84. The smallest absolute Gasteiger partial charge is 0.229 e. The molecule has 3 aromatic carbocycles. The number of nitrogens with zero attached hydrogens (tertiary/aromatic N) is 4. The third kappa shape index (κ3) is 6.44. The first-order valence-corrected chi connectivity index (χ1v) is 15.2. The Balaban J connectivity index is 1.56. The maximum absolute atomic E-state index is 13.9. The highest BCUT2D eigenvalue weighted by Gasteiger charge is 2.53. The first kappa shape index (κ1) is 30.3. The molecule has 1 N–H and O–H groups in total. The number of rotatable bonds is 11. The number of piperidine rings is 3. The molecule has 1 unspecified atom stereocenters. The van der Waals surface area contributed by atoms with Gasteiger partial charge in [0.2, 0.25) is 5.91 Å². The zero-order valence-corrected chi connectivity index (χ0v) is 25.3. The van der Waals surface area contributed by atoms with Gasteiger partial charge in [0.25, 0.3) is 0 Å². The van der Waals surface area contributed by atoms with Crippen molar-refractivity contribution < 1.29 is 9.53 Å². The van der Waals surface area contributed by atoms with E-state index in [1.165, 1.54) is 21.6 Å². The summed E-state index contributed by atoms with van der Waals surface area (Å²) in [7, 11) is 1.71. The Bertz CT molecular complexity index is 1410. The highest BCUT2D eigenvalue weighted by Crippen LogP contribution is 2.45. The summed E-state index contributed by atoms with van der Waals surface area (Å²) in [5, 5.41) is 22.7. The number of fused-ring (bicyclic) bond motifs is 3. The monoisotopic (exact) mass is 575 g/mol. The molecule has 3 heterocycles. The van der Waals surface area contributed by atoms with E-state index in [9.17, 15) is 15.3 Å². The molecule has 3 aromatic rings. The fraction of sp³-hybridized carbons (Fsp3) is 0.417. The molecule has 6 rings (SSSR count). The van der Waals surface area contributed by atoms with Crippen molar-refractivity contribution in [3.8, 4) is 17.9 Å². The summed E-state index contributed by atoms with van der Waals surface area (Å²) in [5.74, 6) is 0.995. The van der Waals surface area contributed by atoms with Crippen molar-refractivity contribution in [1.82, 2.24) is 15.1 Å². The predicted molar refractivity (Wildman–Crippen MR) is 167 cm³/mol. The number of ether oxygens (including phenoxy) is 1. The molecule has 3 aliphatic rings. The van der Waals surface area contributed by atoms with Crippen molar-refractivity contribution in [2.24, 2.45) is 11.8 Å². The third-order valence-electron chi connectivity index (χ3n) is 9.26. The van der Waals surface area contributed by atoms with Crippen LogP contribution in [-0.4, -0.2) is 61.1 Å². The zero-order valence-electron chi connectivity index (χ0n) is 25.3. The maximum atomic E-state index is 13.9. The Morgan fingerprint density at radius 3 is 2.16 bits per heavy atom. The zero-order chi connectivity index (χ0) is 30.3. The molecule has 0 radical (unpaired) electrons. The standard InChI is InChI=1S/C36H41N5O2/c1-25(2)28-14-15-32(43-3)29(22-28)23-39-34-30-16-19-41(24-31(30)36(42)40(20-17-37)21-18-38)35(34)33(26-10-6-4-7-11-26)27-12-8-5-9-13-27/h4-15,22,25,30-31,33-35,39H,16,19-21,23-24H2,1-3H3/t30-,31+,34+,35+/m1/s1. The summed E-state index contributed by atoms with van der Waals surface area (Å²) >= 11 is 0. The van der Waals surface area contributed by atoms with Gasteiger partial charge in [0.05, 0.1) is 25.2 Å². The molecule has 2 bridgehead atoms. The molecule has 1 amide bonds. The van der Waals surface area contributed by atoms with Gasteiger partial charge in [-0.1, -0.05) is 86.6 Å². The second-order valence-electron chi connectivity index (χ2n) is 12.0. The van der Waals surface area contributed by atoms with Crippen LogP contribution < -0.4 is 10.1 Å². The van der Waals surface area contributed by atoms with E-state index in [4.69, 9.17) is 4.74 Å². The van der Waals surface area contributed by atoms with Gasteiger partial charge < -0.3 is 15.0 Å². The summed E-state index contributed by atoms with van der Waals surface area (Å²) in [4.78, 5) is 17.8. The van der Waals surface area contributed by atoms with Crippen LogP contribution in [0, 0.1) is 34.5 Å². The molecule has 3 aliphatic heterocycles. The topological polar surface area (TPSA) is 92.4 Å². The number of nitrogens with one attached hydrogen (secondary N) is 1. The molecule has 7 nitrogen and oxygen atoms in total. The normalized spacial score (nSPS) is 22.6. The van der Waals surface area contributed by atoms with Crippen LogP contribution in [0.4, 0.5) is 0 Å². The van der Waals surface area contributed by atoms with Crippen LogP contribution in [0.1, 0.15) is 54.4 Å². The van der Waals surface area contributed by atoms with Gasteiger partial charge in [-0.2, -0.15) is 10.5 Å². The number of hydrogen-bond donors (Lipinski definition) is 1. The van der Waals surface area contributed by atoms with Gasteiger partial charge >= 0.3 is 0 Å². The molecule has 0 aliphatic carbocycles.